The monoisotopic (exact) mass is 416 g/mol. The van der Waals surface area contributed by atoms with Gasteiger partial charge in [-0.2, -0.15) is 0 Å². The molecule has 1 amide bonds. The number of carbonyl (C=O) groups is 1. The van der Waals surface area contributed by atoms with Crippen molar-refractivity contribution < 1.29 is 4.79 Å². The van der Waals surface area contributed by atoms with E-state index in [0.29, 0.717) is 6.42 Å². The van der Waals surface area contributed by atoms with Crippen molar-refractivity contribution in [1.29, 1.82) is 0 Å². The van der Waals surface area contributed by atoms with Crippen LogP contribution in [0.1, 0.15) is 55.7 Å². The lowest BCUT2D eigenvalue weighted by Crippen LogP contribution is -2.29. The number of amides is 1. The second-order valence-corrected chi connectivity index (χ2v) is 7.99. The Morgan fingerprint density at radius 1 is 1.29 bits per heavy atom. The van der Waals surface area contributed by atoms with Gasteiger partial charge in [0.1, 0.15) is 0 Å². The second-order valence-electron chi connectivity index (χ2n) is 6.28. The minimum atomic E-state index is -0.215. The van der Waals surface area contributed by atoms with Crippen LogP contribution in [0.2, 0.25) is 0 Å². The number of carbonyl (C=O) groups excluding carboxylic acids is 1. The number of hydrogen-bond acceptors (Lipinski definition) is 2. The zero-order chi connectivity index (χ0) is 15.6. The smallest absolute Gasteiger partial charge is 0.217 e. The fourth-order valence-electron chi connectivity index (χ4n) is 3.47. The number of hydrogen-bond donors (Lipinski definition) is 2. The van der Waals surface area contributed by atoms with Gasteiger partial charge in [0.15, 0.2) is 0 Å². The lowest BCUT2D eigenvalue weighted by atomic mass is 9.76. The molecule has 0 bridgehead atoms. The first-order chi connectivity index (χ1) is 9.83. The lowest BCUT2D eigenvalue weighted by Gasteiger charge is -2.31. The zero-order valence-electron chi connectivity index (χ0n) is 12.3. The molecule has 1 fully saturated rings. The van der Waals surface area contributed by atoms with Crippen molar-refractivity contribution in [2.75, 3.05) is 0 Å². The molecular weight excluding hydrogens is 396 g/mol. The third-order valence-electron chi connectivity index (χ3n) is 4.54. The van der Waals surface area contributed by atoms with Crippen molar-refractivity contribution in [2.24, 2.45) is 16.9 Å². The number of benzene rings is 1. The third kappa shape index (κ3) is 4.08. The van der Waals surface area contributed by atoms with Crippen LogP contribution in [-0.2, 0) is 4.79 Å². The van der Waals surface area contributed by atoms with Crippen molar-refractivity contribution in [3.05, 3.63) is 32.2 Å². The highest BCUT2D eigenvalue weighted by molar-refractivity contribution is 9.11. The molecule has 1 aromatic carbocycles. The first-order valence-corrected chi connectivity index (χ1v) is 8.91. The van der Waals surface area contributed by atoms with E-state index in [0.717, 1.165) is 33.8 Å². The summed E-state index contributed by atoms with van der Waals surface area (Å²) in [7, 11) is 0. The SMILES string of the molecule is Cc1cc(Br)c(C(N)CC2(CC(N)=O)CCCC2)cc1Br. The minimum Gasteiger partial charge on any atom is -0.370 e. The molecule has 4 N–H and O–H groups in total. The van der Waals surface area contributed by atoms with E-state index in [1.165, 1.54) is 18.4 Å². The molecule has 21 heavy (non-hydrogen) atoms. The molecule has 116 valence electrons. The van der Waals surface area contributed by atoms with Gasteiger partial charge in [-0.15, -0.1) is 0 Å². The molecule has 1 aliphatic rings. The van der Waals surface area contributed by atoms with Crippen LogP contribution in [0.3, 0.4) is 0 Å². The van der Waals surface area contributed by atoms with Gasteiger partial charge in [0, 0.05) is 21.4 Å². The van der Waals surface area contributed by atoms with Gasteiger partial charge in [0.2, 0.25) is 5.91 Å². The Hall–Kier alpha value is -0.390. The zero-order valence-corrected chi connectivity index (χ0v) is 15.5. The number of rotatable bonds is 5. The van der Waals surface area contributed by atoms with E-state index < -0.39 is 0 Å². The first kappa shape index (κ1) is 17.0. The molecule has 1 aromatic rings. The average molecular weight is 418 g/mol. The van der Waals surface area contributed by atoms with Crippen LogP contribution in [0.4, 0.5) is 0 Å². The number of primary amides is 1. The summed E-state index contributed by atoms with van der Waals surface area (Å²) in [6.45, 7) is 2.05. The van der Waals surface area contributed by atoms with Crippen LogP contribution < -0.4 is 11.5 Å². The molecule has 5 heteroatoms. The highest BCUT2D eigenvalue weighted by Gasteiger charge is 2.37. The second kappa shape index (κ2) is 6.80. The maximum atomic E-state index is 11.4. The van der Waals surface area contributed by atoms with E-state index in [9.17, 15) is 4.79 Å². The van der Waals surface area contributed by atoms with Crippen molar-refractivity contribution in [1.82, 2.24) is 0 Å². The van der Waals surface area contributed by atoms with Crippen LogP contribution in [0.5, 0.6) is 0 Å². The molecule has 0 saturated heterocycles. The molecule has 0 aliphatic heterocycles. The Kier molecular flexibility index (Phi) is 5.49. The summed E-state index contributed by atoms with van der Waals surface area (Å²) in [5.41, 5.74) is 14.1. The van der Waals surface area contributed by atoms with Crippen LogP contribution >= 0.6 is 31.9 Å². The van der Waals surface area contributed by atoms with Crippen molar-refractivity contribution in [3.8, 4) is 0 Å². The molecule has 0 heterocycles. The Bertz CT molecular complexity index is 539. The summed E-state index contributed by atoms with van der Waals surface area (Å²) >= 11 is 7.17. The van der Waals surface area contributed by atoms with E-state index in [1.807, 2.05) is 0 Å². The highest BCUT2D eigenvalue weighted by Crippen LogP contribution is 2.47. The van der Waals surface area contributed by atoms with Gasteiger partial charge in [-0.05, 0) is 54.9 Å². The highest BCUT2D eigenvalue weighted by atomic mass is 79.9. The Morgan fingerprint density at radius 3 is 2.48 bits per heavy atom. The fraction of sp³-hybridized carbons (Fsp3) is 0.562. The summed E-state index contributed by atoms with van der Waals surface area (Å²) in [5, 5.41) is 0. The number of nitrogens with two attached hydrogens (primary N) is 2. The topological polar surface area (TPSA) is 69.1 Å². The molecule has 1 atom stereocenters. The molecule has 1 aliphatic carbocycles. The molecular formula is C16H22Br2N2O. The number of halogens is 2. The summed E-state index contributed by atoms with van der Waals surface area (Å²) < 4.78 is 2.09. The maximum absolute atomic E-state index is 11.4. The first-order valence-electron chi connectivity index (χ1n) is 7.32. The van der Waals surface area contributed by atoms with Gasteiger partial charge in [-0.1, -0.05) is 44.7 Å². The summed E-state index contributed by atoms with van der Waals surface area (Å²) in [5.74, 6) is -0.215. The molecule has 3 nitrogen and oxygen atoms in total. The Labute approximate surface area is 143 Å². The van der Waals surface area contributed by atoms with Crippen molar-refractivity contribution >= 4 is 37.8 Å². The maximum Gasteiger partial charge on any atom is 0.217 e. The minimum absolute atomic E-state index is 0.0119. The van der Waals surface area contributed by atoms with Crippen LogP contribution in [0.25, 0.3) is 0 Å². The third-order valence-corrected chi connectivity index (χ3v) is 6.08. The van der Waals surface area contributed by atoms with Crippen molar-refractivity contribution in [2.45, 2.75) is 51.5 Å². The van der Waals surface area contributed by atoms with E-state index in [-0.39, 0.29) is 17.4 Å². The normalized spacial score (nSPS) is 18.7. The summed E-state index contributed by atoms with van der Waals surface area (Å²) in [6, 6.07) is 4.07. The predicted octanol–water partition coefficient (Wildman–Crippen LogP) is 4.35. The van der Waals surface area contributed by atoms with Gasteiger partial charge >= 0.3 is 0 Å². The Morgan fingerprint density at radius 2 is 1.90 bits per heavy atom. The van der Waals surface area contributed by atoms with Crippen LogP contribution in [0.15, 0.2) is 21.1 Å². The Balaban J connectivity index is 2.21. The molecule has 0 aromatic heterocycles. The molecule has 1 unspecified atom stereocenters. The van der Waals surface area contributed by atoms with Gasteiger partial charge in [0.05, 0.1) is 0 Å². The van der Waals surface area contributed by atoms with Crippen LogP contribution in [0, 0.1) is 12.3 Å². The predicted molar refractivity (Wildman–Crippen MR) is 92.8 cm³/mol. The lowest BCUT2D eigenvalue weighted by molar-refractivity contribution is -0.120. The summed E-state index contributed by atoms with van der Waals surface area (Å²) in [4.78, 5) is 11.4. The summed E-state index contributed by atoms with van der Waals surface area (Å²) in [6.07, 6.45) is 5.69. The van der Waals surface area contributed by atoms with E-state index in [1.54, 1.807) is 0 Å². The molecule has 0 radical (unpaired) electrons. The van der Waals surface area contributed by atoms with Gasteiger partial charge in [0.25, 0.3) is 0 Å². The average Bonchev–Trinajstić information content (AvgIpc) is 2.80. The molecule has 1 saturated carbocycles. The van der Waals surface area contributed by atoms with Crippen molar-refractivity contribution in [3.63, 3.8) is 0 Å². The molecule has 2 rings (SSSR count). The molecule has 0 spiro atoms. The standard InChI is InChI=1S/C16H22Br2N2O/c1-10-6-13(18)11(7-12(10)17)14(19)8-16(9-15(20)21)4-2-3-5-16/h6-7,14H,2-5,8-9,19H2,1H3,(H2,20,21). The van der Waals surface area contributed by atoms with E-state index in [2.05, 4.69) is 50.9 Å². The quantitative estimate of drug-likeness (QED) is 0.747. The van der Waals surface area contributed by atoms with E-state index in [4.69, 9.17) is 11.5 Å². The number of aryl methyl sites for hydroxylation is 1. The van der Waals surface area contributed by atoms with E-state index >= 15 is 0 Å². The largest absolute Gasteiger partial charge is 0.370 e. The van der Waals surface area contributed by atoms with Gasteiger partial charge in [-0.25, -0.2) is 0 Å². The van der Waals surface area contributed by atoms with Gasteiger partial charge in [-0.3, -0.25) is 4.79 Å². The van der Waals surface area contributed by atoms with Gasteiger partial charge < -0.3 is 11.5 Å². The van der Waals surface area contributed by atoms with Crippen LogP contribution in [-0.4, -0.2) is 5.91 Å². The fourth-order valence-corrected chi connectivity index (χ4v) is 4.58.